The average Bonchev–Trinajstić information content (AvgIpc) is 1.86. The van der Waals surface area contributed by atoms with Crippen LogP contribution in [-0.2, 0) is 0 Å². The van der Waals surface area contributed by atoms with E-state index in [0.717, 1.165) is 0 Å². The molecule has 0 heterocycles. The van der Waals surface area contributed by atoms with Gasteiger partial charge >= 0.3 is 0 Å². The van der Waals surface area contributed by atoms with Crippen LogP contribution >= 0.6 is 0 Å². The molecule has 0 bridgehead atoms. The maximum absolute atomic E-state index is 3.89. The topological polar surface area (TPSA) is 0 Å². The summed E-state index contributed by atoms with van der Waals surface area (Å²) >= 11 is 0. The van der Waals surface area contributed by atoms with Crippen molar-refractivity contribution in [1.82, 2.24) is 0 Å². The van der Waals surface area contributed by atoms with Gasteiger partial charge in [0.05, 0.1) is 0 Å². The molecule has 0 saturated carbocycles. The second-order valence-electron chi connectivity index (χ2n) is 4.19. The zero-order chi connectivity index (χ0) is 8.48. The van der Waals surface area contributed by atoms with Crippen LogP contribution in [0.1, 0.15) is 33.6 Å². The lowest BCUT2D eigenvalue weighted by atomic mass is 9.69. The second-order valence-corrected chi connectivity index (χ2v) is 4.19. The molecular weight excluding hydrogens is 132 g/mol. The van der Waals surface area contributed by atoms with Crippen LogP contribution in [0.25, 0.3) is 0 Å². The Balaban J connectivity index is 2.89. The van der Waals surface area contributed by atoms with E-state index in [2.05, 4.69) is 39.5 Å². The molecule has 0 radical (unpaired) electrons. The van der Waals surface area contributed by atoms with E-state index in [1.54, 1.807) is 0 Å². The summed E-state index contributed by atoms with van der Waals surface area (Å²) in [7, 11) is 0. The Bertz CT molecular complexity index is 184. The Kier molecular flexibility index (Phi) is 2.22. The van der Waals surface area contributed by atoms with Gasteiger partial charge in [-0.2, -0.15) is 0 Å². The van der Waals surface area contributed by atoms with E-state index in [0.29, 0.717) is 11.3 Å². The van der Waals surface area contributed by atoms with Gasteiger partial charge in [-0.3, -0.25) is 0 Å². The van der Waals surface area contributed by atoms with Gasteiger partial charge in [0.25, 0.3) is 0 Å². The Morgan fingerprint density at radius 1 is 1.64 bits per heavy atom. The second kappa shape index (κ2) is 2.84. The minimum atomic E-state index is 0.431. The molecule has 1 atom stereocenters. The van der Waals surface area contributed by atoms with Gasteiger partial charge in [-0.25, -0.2) is 0 Å². The van der Waals surface area contributed by atoms with Crippen LogP contribution in [0.3, 0.4) is 0 Å². The number of hydrogen-bond acceptors (Lipinski definition) is 0. The van der Waals surface area contributed by atoms with Gasteiger partial charge in [-0.15, -0.1) is 6.58 Å². The average molecular weight is 150 g/mol. The van der Waals surface area contributed by atoms with Crippen molar-refractivity contribution in [2.45, 2.75) is 33.6 Å². The molecular formula is C11H18. The predicted molar refractivity (Wildman–Crippen MR) is 50.5 cm³/mol. The van der Waals surface area contributed by atoms with Crippen LogP contribution in [0, 0.1) is 11.3 Å². The molecule has 0 aromatic carbocycles. The largest absolute Gasteiger partial charge is 0.102 e. The van der Waals surface area contributed by atoms with Crippen molar-refractivity contribution in [1.29, 1.82) is 0 Å². The van der Waals surface area contributed by atoms with E-state index in [1.165, 1.54) is 18.4 Å². The number of hydrogen-bond donors (Lipinski definition) is 0. The quantitative estimate of drug-likeness (QED) is 0.501. The molecule has 0 heteroatoms. The third-order valence-electron chi connectivity index (χ3n) is 2.82. The maximum Gasteiger partial charge on any atom is 0.00226 e. The minimum Gasteiger partial charge on any atom is -0.102 e. The van der Waals surface area contributed by atoms with Crippen molar-refractivity contribution < 1.29 is 0 Å². The lowest BCUT2D eigenvalue weighted by Crippen LogP contribution is -2.25. The Labute approximate surface area is 70.0 Å². The molecule has 0 saturated heterocycles. The summed E-state index contributed by atoms with van der Waals surface area (Å²) in [5.41, 5.74) is 1.93. The van der Waals surface area contributed by atoms with Gasteiger partial charge in [-0.05, 0) is 25.2 Å². The molecule has 0 fully saturated rings. The van der Waals surface area contributed by atoms with Crippen molar-refractivity contribution >= 4 is 0 Å². The highest BCUT2D eigenvalue weighted by Crippen LogP contribution is 2.41. The van der Waals surface area contributed by atoms with E-state index in [-0.39, 0.29) is 0 Å². The molecule has 1 rings (SSSR count). The summed E-state index contributed by atoms with van der Waals surface area (Å²) in [5, 5.41) is 0. The first kappa shape index (κ1) is 8.58. The minimum absolute atomic E-state index is 0.431. The van der Waals surface area contributed by atoms with Gasteiger partial charge in [0.15, 0.2) is 0 Å². The molecule has 0 nitrogen and oxygen atoms in total. The number of rotatable bonds is 1. The van der Waals surface area contributed by atoms with Crippen molar-refractivity contribution in [2.24, 2.45) is 11.3 Å². The third kappa shape index (κ3) is 1.55. The van der Waals surface area contributed by atoms with Gasteiger partial charge in [-0.1, -0.05) is 31.6 Å². The zero-order valence-electron chi connectivity index (χ0n) is 7.85. The Morgan fingerprint density at radius 3 is 2.64 bits per heavy atom. The molecule has 0 N–H and O–H groups in total. The van der Waals surface area contributed by atoms with E-state index in [4.69, 9.17) is 0 Å². The standard InChI is InChI=1S/C11H18/c1-5-10-9(2)7-6-8-11(10,3)4/h5,7,10H,1,6,8H2,2-4H3. The van der Waals surface area contributed by atoms with Crippen LogP contribution in [-0.4, -0.2) is 0 Å². The SMILES string of the molecule is C=CC1C(C)=CCCC1(C)C. The number of allylic oxidation sites excluding steroid dienone is 3. The Morgan fingerprint density at radius 2 is 2.27 bits per heavy atom. The van der Waals surface area contributed by atoms with Crippen molar-refractivity contribution in [3.63, 3.8) is 0 Å². The first-order valence-corrected chi connectivity index (χ1v) is 4.37. The Hall–Kier alpha value is -0.520. The molecule has 0 amide bonds. The fraction of sp³-hybridized carbons (Fsp3) is 0.636. The van der Waals surface area contributed by atoms with Gasteiger partial charge in [0, 0.05) is 5.92 Å². The monoisotopic (exact) mass is 150 g/mol. The molecule has 11 heavy (non-hydrogen) atoms. The molecule has 1 aliphatic rings. The van der Waals surface area contributed by atoms with Gasteiger partial charge in [0.1, 0.15) is 0 Å². The summed E-state index contributed by atoms with van der Waals surface area (Å²) in [5.74, 6) is 0.594. The highest BCUT2D eigenvalue weighted by atomic mass is 14.3. The normalized spacial score (nSPS) is 29.4. The highest BCUT2D eigenvalue weighted by molar-refractivity contribution is 5.17. The summed E-state index contributed by atoms with van der Waals surface area (Å²) < 4.78 is 0. The van der Waals surface area contributed by atoms with E-state index in [1.807, 2.05) is 0 Å². The molecule has 1 unspecified atom stereocenters. The highest BCUT2D eigenvalue weighted by Gasteiger charge is 2.29. The summed E-state index contributed by atoms with van der Waals surface area (Å²) in [6.45, 7) is 10.8. The summed E-state index contributed by atoms with van der Waals surface area (Å²) in [6.07, 6.45) is 6.97. The van der Waals surface area contributed by atoms with E-state index in [9.17, 15) is 0 Å². The van der Waals surface area contributed by atoms with E-state index >= 15 is 0 Å². The maximum atomic E-state index is 3.89. The molecule has 0 spiro atoms. The van der Waals surface area contributed by atoms with Gasteiger partial charge < -0.3 is 0 Å². The summed E-state index contributed by atoms with van der Waals surface area (Å²) in [4.78, 5) is 0. The first-order chi connectivity index (χ1) is 5.08. The van der Waals surface area contributed by atoms with Crippen LogP contribution in [0.5, 0.6) is 0 Å². The van der Waals surface area contributed by atoms with Crippen molar-refractivity contribution in [2.75, 3.05) is 0 Å². The van der Waals surface area contributed by atoms with Crippen LogP contribution < -0.4 is 0 Å². The fourth-order valence-corrected chi connectivity index (χ4v) is 2.08. The summed E-state index contributed by atoms with van der Waals surface area (Å²) in [6, 6.07) is 0. The molecule has 62 valence electrons. The van der Waals surface area contributed by atoms with Gasteiger partial charge in [0.2, 0.25) is 0 Å². The molecule has 0 aromatic rings. The predicted octanol–water partition coefficient (Wildman–Crippen LogP) is 3.55. The third-order valence-corrected chi connectivity index (χ3v) is 2.82. The van der Waals surface area contributed by atoms with Crippen LogP contribution in [0.2, 0.25) is 0 Å². The molecule has 1 aliphatic carbocycles. The van der Waals surface area contributed by atoms with Crippen molar-refractivity contribution in [3.05, 3.63) is 24.3 Å². The molecule has 0 aliphatic heterocycles. The lowest BCUT2D eigenvalue weighted by molar-refractivity contribution is 0.256. The fourth-order valence-electron chi connectivity index (χ4n) is 2.08. The smallest absolute Gasteiger partial charge is 0.00226 e. The molecule has 0 aromatic heterocycles. The van der Waals surface area contributed by atoms with Crippen LogP contribution in [0.4, 0.5) is 0 Å². The van der Waals surface area contributed by atoms with Crippen LogP contribution in [0.15, 0.2) is 24.3 Å². The van der Waals surface area contributed by atoms with E-state index < -0.39 is 0 Å². The van der Waals surface area contributed by atoms with Crippen molar-refractivity contribution in [3.8, 4) is 0 Å². The lowest BCUT2D eigenvalue weighted by Gasteiger charge is -2.36. The zero-order valence-corrected chi connectivity index (χ0v) is 7.85. The first-order valence-electron chi connectivity index (χ1n) is 4.37.